The van der Waals surface area contributed by atoms with Gasteiger partial charge in [-0.05, 0) is 38.9 Å². The molecule has 0 aromatic heterocycles. The number of likely N-dealkylation sites (tertiary alicyclic amines) is 1. The predicted octanol–water partition coefficient (Wildman–Crippen LogP) is 3.74. The summed E-state index contributed by atoms with van der Waals surface area (Å²) in [6, 6.07) is 4.90. The van der Waals surface area contributed by atoms with Crippen LogP contribution in [0.15, 0.2) is 18.2 Å². The zero-order valence-electron chi connectivity index (χ0n) is 12.2. The van der Waals surface area contributed by atoms with Crippen LogP contribution in [-0.2, 0) is 0 Å². The van der Waals surface area contributed by atoms with Crippen LogP contribution < -0.4 is 4.74 Å². The normalized spacial score (nSPS) is 19.5. The minimum Gasteiger partial charge on any atom is -0.507 e. The Hall–Kier alpha value is -1.43. The fourth-order valence-corrected chi connectivity index (χ4v) is 2.81. The third kappa shape index (κ3) is 3.61. The second-order valence-corrected chi connectivity index (χ2v) is 5.45. The Bertz CT molecular complexity index is 482. The van der Waals surface area contributed by atoms with Crippen molar-refractivity contribution in [2.75, 3.05) is 20.2 Å². The van der Waals surface area contributed by atoms with Crippen LogP contribution in [0, 0.1) is 5.92 Å². The molecule has 0 radical (unpaired) electrons. The number of hydrogen-bond acceptors (Lipinski definition) is 3. The van der Waals surface area contributed by atoms with E-state index < -0.39 is 12.1 Å². The molecule has 0 aliphatic carbocycles. The lowest BCUT2D eigenvalue weighted by Gasteiger charge is -2.37. The lowest BCUT2D eigenvalue weighted by atomic mass is 9.94. The van der Waals surface area contributed by atoms with Crippen LogP contribution in [0.5, 0.6) is 11.5 Å². The van der Waals surface area contributed by atoms with E-state index >= 15 is 0 Å². The van der Waals surface area contributed by atoms with E-state index in [1.165, 1.54) is 13.2 Å². The monoisotopic (exact) mass is 303 g/mol. The summed E-state index contributed by atoms with van der Waals surface area (Å²) in [6.45, 7) is 2.67. The number of rotatable bonds is 3. The van der Waals surface area contributed by atoms with Gasteiger partial charge in [0.25, 0.3) is 0 Å². The Morgan fingerprint density at radius 1 is 1.29 bits per heavy atom. The van der Waals surface area contributed by atoms with Crippen LogP contribution in [0.4, 0.5) is 13.2 Å². The van der Waals surface area contributed by atoms with Crippen LogP contribution in [0.25, 0.3) is 0 Å². The van der Waals surface area contributed by atoms with Crippen molar-refractivity contribution in [3.63, 3.8) is 0 Å². The molecule has 0 saturated carbocycles. The molecule has 1 atom stereocenters. The Balaban J connectivity index is 2.03. The number of aromatic hydroxyl groups is 1. The van der Waals surface area contributed by atoms with Gasteiger partial charge in [-0.25, -0.2) is 0 Å². The molecule has 1 fully saturated rings. The van der Waals surface area contributed by atoms with Gasteiger partial charge in [0.2, 0.25) is 0 Å². The molecule has 1 N–H and O–H groups in total. The van der Waals surface area contributed by atoms with E-state index in [4.69, 9.17) is 4.74 Å². The summed E-state index contributed by atoms with van der Waals surface area (Å²) < 4.78 is 43.0. The maximum Gasteiger partial charge on any atom is 0.391 e. The zero-order valence-corrected chi connectivity index (χ0v) is 12.2. The van der Waals surface area contributed by atoms with Gasteiger partial charge in [-0.3, -0.25) is 4.90 Å². The number of alkyl halides is 3. The average Bonchev–Trinajstić information content (AvgIpc) is 2.45. The molecule has 118 valence electrons. The summed E-state index contributed by atoms with van der Waals surface area (Å²) in [5.41, 5.74) is 0.709. The van der Waals surface area contributed by atoms with Crippen molar-refractivity contribution in [1.29, 1.82) is 0 Å². The molecule has 2 rings (SSSR count). The molecule has 3 nitrogen and oxygen atoms in total. The minimum atomic E-state index is -4.10. The number of nitrogens with zero attached hydrogens (tertiary/aromatic N) is 1. The molecule has 0 amide bonds. The molecule has 0 spiro atoms. The van der Waals surface area contributed by atoms with Gasteiger partial charge in [0, 0.05) is 17.7 Å². The van der Waals surface area contributed by atoms with E-state index in [-0.39, 0.29) is 24.6 Å². The molecular formula is C15H20F3NO2. The highest BCUT2D eigenvalue weighted by molar-refractivity contribution is 5.41. The van der Waals surface area contributed by atoms with E-state index in [2.05, 4.69) is 0 Å². The quantitative estimate of drug-likeness (QED) is 0.923. The molecule has 1 heterocycles. The van der Waals surface area contributed by atoms with E-state index in [9.17, 15) is 18.3 Å². The van der Waals surface area contributed by atoms with Gasteiger partial charge < -0.3 is 9.84 Å². The number of methoxy groups -OCH3 is 1. The van der Waals surface area contributed by atoms with Crippen molar-refractivity contribution >= 4 is 0 Å². The Kier molecular flexibility index (Phi) is 4.66. The molecule has 21 heavy (non-hydrogen) atoms. The molecule has 1 aliphatic rings. The Morgan fingerprint density at radius 2 is 1.90 bits per heavy atom. The first-order valence-electron chi connectivity index (χ1n) is 7.00. The smallest absolute Gasteiger partial charge is 0.391 e. The van der Waals surface area contributed by atoms with Crippen LogP contribution in [0.1, 0.15) is 31.4 Å². The molecule has 1 unspecified atom stereocenters. The zero-order chi connectivity index (χ0) is 15.6. The second-order valence-electron chi connectivity index (χ2n) is 5.45. The van der Waals surface area contributed by atoms with Gasteiger partial charge in [0.05, 0.1) is 13.0 Å². The topological polar surface area (TPSA) is 32.7 Å². The fraction of sp³-hybridized carbons (Fsp3) is 0.600. The second kappa shape index (κ2) is 6.13. The van der Waals surface area contributed by atoms with Crippen molar-refractivity contribution < 1.29 is 23.0 Å². The lowest BCUT2D eigenvalue weighted by molar-refractivity contribution is -0.186. The van der Waals surface area contributed by atoms with E-state index in [0.29, 0.717) is 24.4 Å². The summed E-state index contributed by atoms with van der Waals surface area (Å²) in [5.74, 6) is -0.538. The summed E-state index contributed by atoms with van der Waals surface area (Å²) in [6.07, 6.45) is -3.87. The number of phenolic OH excluding ortho intramolecular Hbond substituents is 1. The van der Waals surface area contributed by atoms with Crippen LogP contribution in [0.3, 0.4) is 0 Å². The van der Waals surface area contributed by atoms with Crippen molar-refractivity contribution in [1.82, 2.24) is 4.90 Å². The van der Waals surface area contributed by atoms with Gasteiger partial charge in [-0.2, -0.15) is 13.2 Å². The third-order valence-corrected chi connectivity index (χ3v) is 4.23. The molecule has 1 aromatic carbocycles. The summed E-state index contributed by atoms with van der Waals surface area (Å²) >= 11 is 0. The van der Waals surface area contributed by atoms with Crippen molar-refractivity contribution in [2.45, 2.75) is 32.0 Å². The molecule has 0 bridgehead atoms. The Labute approximate surface area is 122 Å². The van der Waals surface area contributed by atoms with Gasteiger partial charge in [-0.15, -0.1) is 0 Å². The van der Waals surface area contributed by atoms with Crippen LogP contribution in [-0.4, -0.2) is 36.4 Å². The number of halogens is 3. The van der Waals surface area contributed by atoms with Gasteiger partial charge >= 0.3 is 6.18 Å². The summed E-state index contributed by atoms with van der Waals surface area (Å²) in [4.78, 5) is 1.98. The number of piperidine rings is 1. The highest BCUT2D eigenvalue weighted by Gasteiger charge is 2.41. The third-order valence-electron chi connectivity index (χ3n) is 4.23. The number of phenols is 1. The highest BCUT2D eigenvalue weighted by atomic mass is 19.4. The fourth-order valence-electron chi connectivity index (χ4n) is 2.81. The standard InChI is InChI=1S/C15H20F3NO2/c1-10(13-4-3-12(21-2)9-14(13)20)19-7-5-11(6-8-19)15(16,17)18/h3-4,9-11,20H,5-8H2,1-2H3. The molecule has 1 aromatic rings. The maximum absolute atomic E-state index is 12.7. The average molecular weight is 303 g/mol. The maximum atomic E-state index is 12.7. The van der Waals surface area contributed by atoms with Crippen molar-refractivity contribution in [3.05, 3.63) is 23.8 Å². The minimum absolute atomic E-state index is 0.111. The highest BCUT2D eigenvalue weighted by Crippen LogP contribution is 2.38. The van der Waals surface area contributed by atoms with E-state index in [1.54, 1.807) is 12.1 Å². The van der Waals surface area contributed by atoms with Crippen molar-refractivity contribution in [3.8, 4) is 11.5 Å². The largest absolute Gasteiger partial charge is 0.507 e. The van der Waals surface area contributed by atoms with Crippen LogP contribution >= 0.6 is 0 Å². The first-order chi connectivity index (χ1) is 9.82. The molecule has 1 saturated heterocycles. The Morgan fingerprint density at radius 3 is 2.38 bits per heavy atom. The summed E-state index contributed by atoms with van der Waals surface area (Å²) in [5, 5.41) is 10.0. The number of benzene rings is 1. The van der Waals surface area contributed by atoms with E-state index in [0.717, 1.165) is 0 Å². The van der Waals surface area contributed by atoms with Crippen molar-refractivity contribution in [2.24, 2.45) is 5.92 Å². The number of hydrogen-bond donors (Lipinski definition) is 1. The summed E-state index contributed by atoms with van der Waals surface area (Å²) in [7, 11) is 1.51. The van der Waals surface area contributed by atoms with Crippen LogP contribution in [0.2, 0.25) is 0 Å². The molecule has 6 heteroatoms. The molecular weight excluding hydrogens is 283 g/mol. The SMILES string of the molecule is COc1ccc(C(C)N2CCC(C(F)(F)F)CC2)c(O)c1. The predicted molar refractivity (Wildman–Crippen MR) is 73.4 cm³/mol. The first-order valence-corrected chi connectivity index (χ1v) is 7.00. The first kappa shape index (κ1) is 15.9. The lowest BCUT2D eigenvalue weighted by Crippen LogP contribution is -2.40. The number of ether oxygens (including phenoxy) is 1. The van der Waals surface area contributed by atoms with E-state index in [1.807, 2.05) is 11.8 Å². The van der Waals surface area contributed by atoms with Gasteiger partial charge in [0.15, 0.2) is 0 Å². The van der Waals surface area contributed by atoms with Gasteiger partial charge in [0.1, 0.15) is 11.5 Å². The van der Waals surface area contributed by atoms with Gasteiger partial charge in [-0.1, -0.05) is 6.07 Å². The molecule has 1 aliphatic heterocycles.